The highest BCUT2D eigenvalue weighted by molar-refractivity contribution is 7.09. The minimum Gasteiger partial charge on any atom is -0.464 e. The number of esters is 1. The van der Waals surface area contributed by atoms with Crippen LogP contribution in [-0.2, 0) is 11.3 Å². The van der Waals surface area contributed by atoms with Crippen molar-refractivity contribution in [2.75, 3.05) is 13.7 Å². The van der Waals surface area contributed by atoms with E-state index < -0.39 is 5.97 Å². The second-order valence-corrected chi connectivity index (χ2v) is 7.07. The molecule has 1 aliphatic rings. The topological polar surface area (TPSA) is 71.5 Å². The number of unbranched alkanes of at least 4 members (excludes halogenated alkanes) is 1. The lowest BCUT2D eigenvalue weighted by atomic mass is 9.94. The summed E-state index contributed by atoms with van der Waals surface area (Å²) < 4.78 is 4.70. The summed E-state index contributed by atoms with van der Waals surface area (Å²) in [6.07, 6.45) is 7.68. The van der Waals surface area contributed by atoms with Crippen molar-refractivity contribution in [1.82, 2.24) is 15.2 Å². The van der Waals surface area contributed by atoms with E-state index in [0.717, 1.165) is 43.5 Å². The number of carbonyl (C=O) groups is 2. The average Bonchev–Trinajstić information content (AvgIpc) is 3.08. The van der Waals surface area contributed by atoms with Gasteiger partial charge in [-0.25, -0.2) is 14.6 Å². The SMILES string of the molecule is CCCCNC(=O)N(Cc1nc(C(=O)OC)cs1)C1CCCCC1. The Balaban J connectivity index is 2.05. The molecule has 1 aromatic heterocycles. The van der Waals surface area contributed by atoms with Gasteiger partial charge in [0.05, 0.1) is 13.7 Å². The zero-order chi connectivity index (χ0) is 17.4. The molecule has 1 saturated carbocycles. The number of ether oxygens (including phenoxy) is 1. The molecule has 1 aliphatic carbocycles. The number of carbonyl (C=O) groups excluding carboxylic acids is 2. The Bertz CT molecular complexity index is 541. The van der Waals surface area contributed by atoms with Gasteiger partial charge in [-0.1, -0.05) is 32.6 Å². The van der Waals surface area contributed by atoms with Crippen molar-refractivity contribution in [3.05, 3.63) is 16.1 Å². The molecule has 24 heavy (non-hydrogen) atoms. The smallest absolute Gasteiger partial charge is 0.357 e. The van der Waals surface area contributed by atoms with E-state index in [9.17, 15) is 9.59 Å². The Morgan fingerprint density at radius 3 is 2.79 bits per heavy atom. The Labute approximate surface area is 147 Å². The molecule has 0 aliphatic heterocycles. The van der Waals surface area contributed by atoms with E-state index in [-0.39, 0.29) is 12.1 Å². The van der Waals surface area contributed by atoms with Crippen molar-refractivity contribution in [2.24, 2.45) is 0 Å². The van der Waals surface area contributed by atoms with Crippen LogP contribution in [0, 0.1) is 0 Å². The summed E-state index contributed by atoms with van der Waals surface area (Å²) >= 11 is 1.40. The number of rotatable bonds is 7. The summed E-state index contributed by atoms with van der Waals surface area (Å²) in [5, 5.41) is 5.47. The lowest BCUT2D eigenvalue weighted by molar-refractivity contribution is 0.0594. The molecule has 134 valence electrons. The predicted octanol–water partition coefficient (Wildman–Crippen LogP) is 3.57. The molecule has 6 nitrogen and oxygen atoms in total. The summed E-state index contributed by atoms with van der Waals surface area (Å²) in [5.74, 6) is -0.436. The standard InChI is InChI=1S/C17H27N3O3S/c1-3-4-10-18-17(22)20(13-8-6-5-7-9-13)11-15-19-14(12-24-15)16(21)23-2/h12-13H,3-11H2,1-2H3,(H,18,22). The summed E-state index contributed by atoms with van der Waals surface area (Å²) in [6, 6.07) is 0.232. The van der Waals surface area contributed by atoms with E-state index in [0.29, 0.717) is 18.8 Å². The van der Waals surface area contributed by atoms with E-state index in [4.69, 9.17) is 4.74 Å². The van der Waals surface area contributed by atoms with Crippen LogP contribution in [0.2, 0.25) is 0 Å². The predicted molar refractivity (Wildman–Crippen MR) is 94.2 cm³/mol. The van der Waals surface area contributed by atoms with Crippen LogP contribution in [0.5, 0.6) is 0 Å². The third kappa shape index (κ3) is 5.19. The molecule has 0 atom stereocenters. The molecule has 0 unspecified atom stereocenters. The monoisotopic (exact) mass is 353 g/mol. The average molecular weight is 353 g/mol. The minimum atomic E-state index is -0.436. The first-order chi connectivity index (χ1) is 11.7. The van der Waals surface area contributed by atoms with E-state index in [1.165, 1.54) is 24.9 Å². The number of hydrogen-bond donors (Lipinski definition) is 1. The third-order valence-electron chi connectivity index (χ3n) is 4.33. The van der Waals surface area contributed by atoms with Crippen molar-refractivity contribution in [3.8, 4) is 0 Å². The fourth-order valence-corrected chi connectivity index (χ4v) is 3.72. The normalized spacial score (nSPS) is 15.1. The maximum absolute atomic E-state index is 12.6. The van der Waals surface area contributed by atoms with Gasteiger partial charge in [-0.15, -0.1) is 11.3 Å². The summed E-state index contributed by atoms with van der Waals surface area (Å²) in [4.78, 5) is 30.4. The fraction of sp³-hybridized carbons (Fsp3) is 0.706. The quantitative estimate of drug-likeness (QED) is 0.601. The van der Waals surface area contributed by atoms with Crippen LogP contribution in [0.4, 0.5) is 4.79 Å². The Morgan fingerprint density at radius 1 is 1.38 bits per heavy atom. The van der Waals surface area contributed by atoms with Crippen LogP contribution >= 0.6 is 11.3 Å². The first kappa shape index (κ1) is 18.7. The van der Waals surface area contributed by atoms with Crippen molar-refractivity contribution in [2.45, 2.75) is 64.5 Å². The number of nitrogens with one attached hydrogen (secondary N) is 1. The number of nitrogens with zero attached hydrogens (tertiary/aromatic N) is 2. The molecule has 0 radical (unpaired) electrons. The largest absolute Gasteiger partial charge is 0.464 e. The number of urea groups is 1. The second kappa shape index (κ2) is 9.61. The molecular weight excluding hydrogens is 326 g/mol. The van der Waals surface area contributed by atoms with Gasteiger partial charge in [0, 0.05) is 18.0 Å². The molecule has 0 spiro atoms. The minimum absolute atomic E-state index is 0.0230. The third-order valence-corrected chi connectivity index (χ3v) is 5.17. The van der Waals surface area contributed by atoms with E-state index >= 15 is 0 Å². The Hall–Kier alpha value is -1.63. The first-order valence-corrected chi connectivity index (χ1v) is 9.60. The van der Waals surface area contributed by atoms with Gasteiger partial charge in [0.15, 0.2) is 5.69 Å². The highest BCUT2D eigenvalue weighted by Gasteiger charge is 2.26. The maximum Gasteiger partial charge on any atom is 0.357 e. The van der Waals surface area contributed by atoms with E-state index in [1.54, 1.807) is 5.38 Å². The number of aromatic nitrogens is 1. The van der Waals surface area contributed by atoms with Gasteiger partial charge in [0.25, 0.3) is 0 Å². The van der Waals surface area contributed by atoms with E-state index in [2.05, 4.69) is 17.2 Å². The summed E-state index contributed by atoms with van der Waals surface area (Å²) in [7, 11) is 1.34. The molecular formula is C17H27N3O3S. The maximum atomic E-state index is 12.6. The number of thiazole rings is 1. The molecule has 0 saturated heterocycles. The molecule has 2 amide bonds. The molecule has 0 bridgehead atoms. The van der Waals surface area contributed by atoms with Gasteiger partial charge in [-0.2, -0.15) is 0 Å². The van der Waals surface area contributed by atoms with Crippen molar-refractivity contribution in [3.63, 3.8) is 0 Å². The zero-order valence-electron chi connectivity index (χ0n) is 14.5. The number of hydrogen-bond acceptors (Lipinski definition) is 5. The molecule has 1 heterocycles. The van der Waals surface area contributed by atoms with Gasteiger partial charge in [-0.3, -0.25) is 0 Å². The van der Waals surface area contributed by atoms with Crippen LogP contribution in [0.1, 0.15) is 67.4 Å². The Kier molecular flexibility index (Phi) is 7.49. The molecule has 2 rings (SSSR count). The van der Waals surface area contributed by atoms with Crippen molar-refractivity contribution >= 4 is 23.3 Å². The molecule has 1 N–H and O–H groups in total. The zero-order valence-corrected chi connectivity index (χ0v) is 15.4. The van der Waals surface area contributed by atoms with Crippen LogP contribution in [0.25, 0.3) is 0 Å². The summed E-state index contributed by atoms with van der Waals surface area (Å²) in [5.41, 5.74) is 0.312. The van der Waals surface area contributed by atoms with Gasteiger partial charge >= 0.3 is 12.0 Å². The van der Waals surface area contributed by atoms with Gasteiger partial charge in [-0.05, 0) is 19.3 Å². The Morgan fingerprint density at radius 2 is 2.12 bits per heavy atom. The highest BCUT2D eigenvalue weighted by atomic mass is 32.1. The molecule has 7 heteroatoms. The lowest BCUT2D eigenvalue weighted by Gasteiger charge is -2.33. The molecule has 1 aromatic rings. The van der Waals surface area contributed by atoms with Crippen LogP contribution in [-0.4, -0.2) is 41.6 Å². The first-order valence-electron chi connectivity index (χ1n) is 8.73. The molecule has 0 aromatic carbocycles. The van der Waals surface area contributed by atoms with Crippen LogP contribution in [0.3, 0.4) is 0 Å². The highest BCUT2D eigenvalue weighted by Crippen LogP contribution is 2.25. The molecule has 1 fully saturated rings. The van der Waals surface area contributed by atoms with E-state index in [1.807, 2.05) is 4.90 Å². The van der Waals surface area contributed by atoms with Crippen LogP contribution in [0.15, 0.2) is 5.38 Å². The number of methoxy groups -OCH3 is 1. The van der Waals surface area contributed by atoms with Crippen LogP contribution < -0.4 is 5.32 Å². The lowest BCUT2D eigenvalue weighted by Crippen LogP contribution is -2.46. The van der Waals surface area contributed by atoms with Gasteiger partial charge in [0.2, 0.25) is 0 Å². The van der Waals surface area contributed by atoms with Crippen molar-refractivity contribution in [1.29, 1.82) is 0 Å². The van der Waals surface area contributed by atoms with Crippen molar-refractivity contribution < 1.29 is 14.3 Å². The van der Waals surface area contributed by atoms with Gasteiger partial charge in [0.1, 0.15) is 5.01 Å². The summed E-state index contributed by atoms with van der Waals surface area (Å²) in [6.45, 7) is 3.25. The van der Waals surface area contributed by atoms with Gasteiger partial charge < -0.3 is 15.0 Å². The fourth-order valence-electron chi connectivity index (χ4n) is 2.96. The number of amides is 2. The second-order valence-electron chi connectivity index (χ2n) is 6.12.